The van der Waals surface area contributed by atoms with Gasteiger partial charge in [0.2, 0.25) is 0 Å². The van der Waals surface area contributed by atoms with Crippen LogP contribution in [0.1, 0.15) is 66.2 Å². The molecule has 0 spiro atoms. The molecule has 0 aromatic carbocycles. The molecule has 0 amide bonds. The van der Waals surface area contributed by atoms with Crippen molar-refractivity contribution in [3.63, 3.8) is 0 Å². The van der Waals surface area contributed by atoms with E-state index in [-0.39, 0.29) is 0 Å². The van der Waals surface area contributed by atoms with Crippen molar-refractivity contribution in [2.24, 2.45) is 11.8 Å². The summed E-state index contributed by atoms with van der Waals surface area (Å²) in [6, 6.07) is 0. The number of hydrogen-bond donors (Lipinski definition) is 1. The zero-order valence-electron chi connectivity index (χ0n) is 12.3. The highest BCUT2D eigenvalue weighted by Gasteiger charge is 2.15. The van der Waals surface area contributed by atoms with E-state index in [9.17, 15) is 0 Å². The summed E-state index contributed by atoms with van der Waals surface area (Å²) in [5, 5.41) is 3.86. The van der Waals surface area contributed by atoms with Gasteiger partial charge in [-0.3, -0.25) is 0 Å². The molecule has 0 saturated heterocycles. The van der Waals surface area contributed by atoms with Crippen LogP contribution in [0.3, 0.4) is 0 Å². The van der Waals surface area contributed by atoms with E-state index in [0.717, 1.165) is 19.0 Å². The van der Waals surface area contributed by atoms with E-state index in [1.807, 2.05) is 0 Å². The first kappa shape index (κ1) is 17.2. The van der Waals surface area contributed by atoms with Gasteiger partial charge in [0.15, 0.2) is 0 Å². The molecule has 0 rings (SSSR count). The number of nitrogens with one attached hydrogen (secondary N) is 1. The highest BCUT2D eigenvalue weighted by molar-refractivity contribution is 6.21. The van der Waals surface area contributed by atoms with Crippen LogP contribution in [0.25, 0.3) is 0 Å². The SMILES string of the molecule is CCCCC(CC)CNCC(Cl)C(CC)CC. The van der Waals surface area contributed by atoms with Gasteiger partial charge in [0, 0.05) is 11.9 Å². The Morgan fingerprint density at radius 3 is 2.06 bits per heavy atom. The summed E-state index contributed by atoms with van der Waals surface area (Å²) in [6.45, 7) is 11.1. The summed E-state index contributed by atoms with van der Waals surface area (Å²) in [7, 11) is 0. The second-order valence-corrected chi connectivity index (χ2v) is 5.73. The van der Waals surface area contributed by atoms with Crippen molar-refractivity contribution in [1.82, 2.24) is 5.32 Å². The molecule has 1 nitrogen and oxygen atoms in total. The lowest BCUT2D eigenvalue weighted by Gasteiger charge is -2.21. The van der Waals surface area contributed by atoms with E-state index in [1.54, 1.807) is 0 Å². The molecule has 17 heavy (non-hydrogen) atoms. The number of unbranched alkanes of at least 4 members (excludes halogenated alkanes) is 1. The van der Waals surface area contributed by atoms with Gasteiger partial charge in [0.05, 0.1) is 0 Å². The average Bonchev–Trinajstić information content (AvgIpc) is 2.35. The van der Waals surface area contributed by atoms with Crippen LogP contribution < -0.4 is 5.32 Å². The Bertz CT molecular complexity index is 157. The van der Waals surface area contributed by atoms with E-state index in [1.165, 1.54) is 38.5 Å². The maximum atomic E-state index is 6.42. The Morgan fingerprint density at radius 1 is 0.941 bits per heavy atom. The molecule has 0 aliphatic heterocycles. The summed E-state index contributed by atoms with van der Waals surface area (Å²) in [4.78, 5) is 0. The largest absolute Gasteiger partial charge is 0.315 e. The van der Waals surface area contributed by atoms with Gasteiger partial charge >= 0.3 is 0 Å². The van der Waals surface area contributed by atoms with Crippen molar-refractivity contribution in [2.75, 3.05) is 13.1 Å². The van der Waals surface area contributed by atoms with Gasteiger partial charge < -0.3 is 5.32 Å². The number of alkyl halides is 1. The molecule has 0 bridgehead atoms. The van der Waals surface area contributed by atoms with E-state index in [4.69, 9.17) is 11.6 Å². The minimum absolute atomic E-state index is 0.300. The van der Waals surface area contributed by atoms with Gasteiger partial charge in [-0.05, 0) is 24.8 Å². The third kappa shape index (κ3) is 8.05. The Hall–Kier alpha value is 0.250. The molecule has 0 saturated carbocycles. The molecule has 0 radical (unpaired) electrons. The van der Waals surface area contributed by atoms with E-state index >= 15 is 0 Å². The molecule has 2 heteroatoms. The highest BCUT2D eigenvalue weighted by Crippen LogP contribution is 2.18. The van der Waals surface area contributed by atoms with Gasteiger partial charge in [-0.2, -0.15) is 0 Å². The zero-order valence-corrected chi connectivity index (χ0v) is 13.0. The molecule has 0 aromatic rings. The van der Waals surface area contributed by atoms with Crippen LogP contribution in [0.2, 0.25) is 0 Å². The van der Waals surface area contributed by atoms with Crippen molar-refractivity contribution in [2.45, 2.75) is 71.6 Å². The Kier molecular flexibility index (Phi) is 11.5. The number of halogens is 1. The van der Waals surface area contributed by atoms with Crippen LogP contribution in [-0.4, -0.2) is 18.5 Å². The van der Waals surface area contributed by atoms with E-state index in [0.29, 0.717) is 11.3 Å². The first-order valence-corrected chi connectivity index (χ1v) is 7.97. The van der Waals surface area contributed by atoms with Crippen LogP contribution in [0, 0.1) is 11.8 Å². The van der Waals surface area contributed by atoms with E-state index in [2.05, 4.69) is 33.0 Å². The van der Waals surface area contributed by atoms with Crippen molar-refractivity contribution >= 4 is 11.6 Å². The lowest BCUT2D eigenvalue weighted by molar-refractivity contribution is 0.394. The van der Waals surface area contributed by atoms with Crippen LogP contribution >= 0.6 is 11.6 Å². The molecule has 2 unspecified atom stereocenters. The fourth-order valence-electron chi connectivity index (χ4n) is 2.34. The summed E-state index contributed by atoms with van der Waals surface area (Å²) in [5.41, 5.74) is 0. The van der Waals surface area contributed by atoms with Gasteiger partial charge in [-0.15, -0.1) is 11.6 Å². The zero-order chi connectivity index (χ0) is 13.1. The van der Waals surface area contributed by atoms with E-state index < -0.39 is 0 Å². The molecular formula is C15H32ClN. The minimum atomic E-state index is 0.300. The molecule has 0 fully saturated rings. The van der Waals surface area contributed by atoms with Gasteiger partial charge in [0.1, 0.15) is 0 Å². The lowest BCUT2D eigenvalue weighted by atomic mass is 9.97. The molecule has 0 aliphatic carbocycles. The quantitative estimate of drug-likeness (QED) is 0.525. The normalized spacial score (nSPS) is 15.2. The molecule has 0 heterocycles. The fourth-order valence-corrected chi connectivity index (χ4v) is 2.80. The number of rotatable bonds is 11. The van der Waals surface area contributed by atoms with Crippen LogP contribution in [0.4, 0.5) is 0 Å². The minimum Gasteiger partial charge on any atom is -0.315 e. The van der Waals surface area contributed by atoms with Crippen LogP contribution in [0.15, 0.2) is 0 Å². The van der Waals surface area contributed by atoms with Crippen molar-refractivity contribution < 1.29 is 0 Å². The van der Waals surface area contributed by atoms with Crippen molar-refractivity contribution in [3.8, 4) is 0 Å². The Balaban J connectivity index is 3.71. The predicted octanol–water partition coefficient (Wildman–Crippen LogP) is 4.84. The predicted molar refractivity (Wildman–Crippen MR) is 79.9 cm³/mol. The van der Waals surface area contributed by atoms with Crippen molar-refractivity contribution in [1.29, 1.82) is 0 Å². The monoisotopic (exact) mass is 261 g/mol. The summed E-state index contributed by atoms with van der Waals surface area (Å²) >= 11 is 6.42. The fraction of sp³-hybridized carbons (Fsp3) is 1.00. The highest BCUT2D eigenvalue weighted by atomic mass is 35.5. The van der Waals surface area contributed by atoms with Gasteiger partial charge in [-0.1, -0.05) is 59.8 Å². The molecule has 104 valence electrons. The van der Waals surface area contributed by atoms with Crippen LogP contribution in [0.5, 0.6) is 0 Å². The molecular weight excluding hydrogens is 230 g/mol. The van der Waals surface area contributed by atoms with Gasteiger partial charge in [0.25, 0.3) is 0 Å². The number of hydrogen-bond acceptors (Lipinski definition) is 1. The second-order valence-electron chi connectivity index (χ2n) is 5.17. The first-order valence-electron chi connectivity index (χ1n) is 7.54. The average molecular weight is 262 g/mol. The topological polar surface area (TPSA) is 12.0 Å². The summed E-state index contributed by atoms with van der Waals surface area (Å²) in [6.07, 6.45) is 7.70. The van der Waals surface area contributed by atoms with Crippen molar-refractivity contribution in [3.05, 3.63) is 0 Å². The third-order valence-corrected chi connectivity index (χ3v) is 4.39. The molecule has 0 aromatic heterocycles. The van der Waals surface area contributed by atoms with Crippen LogP contribution in [-0.2, 0) is 0 Å². The molecule has 0 aliphatic rings. The maximum Gasteiger partial charge on any atom is 0.0488 e. The maximum absolute atomic E-state index is 6.42. The first-order chi connectivity index (χ1) is 8.19. The molecule has 2 atom stereocenters. The lowest BCUT2D eigenvalue weighted by Crippen LogP contribution is -2.32. The summed E-state index contributed by atoms with van der Waals surface area (Å²) in [5.74, 6) is 1.50. The smallest absolute Gasteiger partial charge is 0.0488 e. The third-order valence-electron chi connectivity index (χ3n) is 3.88. The Labute approximate surface area is 114 Å². The molecule has 1 N–H and O–H groups in total. The Morgan fingerprint density at radius 2 is 1.59 bits per heavy atom. The second kappa shape index (κ2) is 11.3. The summed E-state index contributed by atoms with van der Waals surface area (Å²) < 4.78 is 0. The standard InChI is InChI=1S/C15H32ClN/c1-5-9-10-13(6-2)11-17-12-15(16)14(7-3)8-4/h13-15,17H,5-12H2,1-4H3. The van der Waals surface area contributed by atoms with Gasteiger partial charge in [-0.25, -0.2) is 0 Å².